The van der Waals surface area contributed by atoms with Gasteiger partial charge in [0.1, 0.15) is 0 Å². The molecule has 0 aliphatic heterocycles. The molecule has 1 unspecified atom stereocenters. The van der Waals surface area contributed by atoms with Crippen molar-refractivity contribution in [2.24, 2.45) is 10.9 Å². The molecule has 1 aromatic rings. The van der Waals surface area contributed by atoms with E-state index in [1.54, 1.807) is 11.3 Å². The molecule has 1 atom stereocenters. The molecule has 1 saturated carbocycles. The van der Waals surface area contributed by atoms with Crippen molar-refractivity contribution in [1.29, 1.82) is 0 Å². The van der Waals surface area contributed by atoms with Gasteiger partial charge in [-0.15, -0.1) is 0 Å². The molecule has 4 nitrogen and oxygen atoms in total. The molecule has 1 fully saturated rings. The number of hydrogen-bond acceptors (Lipinski definition) is 4. The van der Waals surface area contributed by atoms with Crippen molar-refractivity contribution < 1.29 is 5.21 Å². The average molecular weight is 253 g/mol. The first kappa shape index (κ1) is 12.4. The SMILES string of the molecule is CCC(C(N)=NO)N(Cc1ccsc1)C1CC1. The quantitative estimate of drug-likeness (QED) is 0.354. The van der Waals surface area contributed by atoms with Crippen molar-refractivity contribution >= 4 is 17.2 Å². The highest BCUT2D eigenvalue weighted by molar-refractivity contribution is 7.07. The van der Waals surface area contributed by atoms with E-state index in [1.165, 1.54) is 18.4 Å². The number of nitrogens with two attached hydrogens (primary N) is 1. The maximum absolute atomic E-state index is 8.85. The van der Waals surface area contributed by atoms with Gasteiger partial charge in [0.05, 0.1) is 6.04 Å². The largest absolute Gasteiger partial charge is 0.409 e. The van der Waals surface area contributed by atoms with E-state index in [1.807, 2.05) is 0 Å². The first-order valence-corrected chi connectivity index (χ1v) is 6.94. The summed E-state index contributed by atoms with van der Waals surface area (Å²) in [5.74, 6) is 0.328. The third-order valence-electron chi connectivity index (χ3n) is 3.21. The molecule has 0 aromatic carbocycles. The lowest BCUT2D eigenvalue weighted by atomic mass is 10.1. The lowest BCUT2D eigenvalue weighted by Gasteiger charge is -2.29. The van der Waals surface area contributed by atoms with Crippen LogP contribution in [0.25, 0.3) is 0 Å². The van der Waals surface area contributed by atoms with Crippen LogP contribution in [-0.2, 0) is 6.54 Å². The van der Waals surface area contributed by atoms with Crippen LogP contribution in [0.3, 0.4) is 0 Å². The van der Waals surface area contributed by atoms with Gasteiger partial charge in [-0.25, -0.2) is 0 Å². The number of thiophene rings is 1. The summed E-state index contributed by atoms with van der Waals surface area (Å²) in [6, 6.07) is 2.78. The Morgan fingerprint density at radius 3 is 2.94 bits per heavy atom. The maximum Gasteiger partial charge on any atom is 0.156 e. The van der Waals surface area contributed by atoms with Crippen molar-refractivity contribution in [2.45, 2.75) is 44.8 Å². The van der Waals surface area contributed by atoms with Crippen LogP contribution in [-0.4, -0.2) is 28.0 Å². The fourth-order valence-corrected chi connectivity index (χ4v) is 2.83. The zero-order valence-electron chi connectivity index (χ0n) is 10.0. The number of oxime groups is 1. The molecule has 0 saturated heterocycles. The highest BCUT2D eigenvalue weighted by Gasteiger charge is 2.35. The van der Waals surface area contributed by atoms with Crippen molar-refractivity contribution in [2.75, 3.05) is 0 Å². The fraction of sp³-hybridized carbons (Fsp3) is 0.583. The average Bonchev–Trinajstić information content (AvgIpc) is 3.06. The Labute approximate surface area is 106 Å². The van der Waals surface area contributed by atoms with Gasteiger partial charge in [-0.2, -0.15) is 11.3 Å². The Morgan fingerprint density at radius 2 is 2.47 bits per heavy atom. The summed E-state index contributed by atoms with van der Waals surface area (Å²) in [4.78, 5) is 2.36. The van der Waals surface area contributed by atoms with Gasteiger partial charge in [0, 0.05) is 12.6 Å². The minimum absolute atomic E-state index is 0.0485. The number of amidine groups is 1. The second-order valence-corrected chi connectivity index (χ2v) is 5.26. The summed E-state index contributed by atoms with van der Waals surface area (Å²) in [6.45, 7) is 2.97. The second kappa shape index (κ2) is 5.51. The van der Waals surface area contributed by atoms with Crippen molar-refractivity contribution in [3.63, 3.8) is 0 Å². The third kappa shape index (κ3) is 2.98. The van der Waals surface area contributed by atoms with Crippen LogP contribution in [0, 0.1) is 0 Å². The molecule has 2 rings (SSSR count). The molecule has 0 spiro atoms. The molecule has 1 heterocycles. The van der Waals surface area contributed by atoms with Gasteiger partial charge >= 0.3 is 0 Å². The van der Waals surface area contributed by atoms with Gasteiger partial charge < -0.3 is 10.9 Å². The van der Waals surface area contributed by atoms with Crippen LogP contribution >= 0.6 is 11.3 Å². The Morgan fingerprint density at radius 1 is 1.71 bits per heavy atom. The standard InChI is InChI=1S/C12H19N3OS/c1-2-11(12(13)14-16)15(10-3-4-10)7-9-5-6-17-8-9/h5-6,8,10-11,16H,2-4,7H2,1H3,(H2,13,14). The molecular weight excluding hydrogens is 234 g/mol. The Hall–Kier alpha value is -1.07. The van der Waals surface area contributed by atoms with E-state index in [2.05, 4.69) is 33.8 Å². The molecule has 1 aliphatic rings. The monoisotopic (exact) mass is 253 g/mol. The highest BCUT2D eigenvalue weighted by Crippen LogP contribution is 2.31. The van der Waals surface area contributed by atoms with Crippen LogP contribution in [0.15, 0.2) is 22.0 Å². The minimum Gasteiger partial charge on any atom is -0.409 e. The van der Waals surface area contributed by atoms with E-state index in [4.69, 9.17) is 10.9 Å². The summed E-state index contributed by atoms with van der Waals surface area (Å²) in [5, 5.41) is 16.3. The van der Waals surface area contributed by atoms with E-state index in [-0.39, 0.29) is 6.04 Å². The third-order valence-corrected chi connectivity index (χ3v) is 3.94. The minimum atomic E-state index is 0.0485. The summed E-state index contributed by atoms with van der Waals surface area (Å²) in [7, 11) is 0. The zero-order chi connectivity index (χ0) is 12.3. The summed E-state index contributed by atoms with van der Waals surface area (Å²) < 4.78 is 0. The highest BCUT2D eigenvalue weighted by atomic mass is 32.1. The van der Waals surface area contributed by atoms with Gasteiger partial charge in [0.2, 0.25) is 0 Å². The summed E-state index contributed by atoms with van der Waals surface area (Å²) >= 11 is 1.71. The van der Waals surface area contributed by atoms with Gasteiger partial charge in [-0.05, 0) is 41.7 Å². The van der Waals surface area contributed by atoms with E-state index in [0.717, 1.165) is 13.0 Å². The molecule has 94 valence electrons. The van der Waals surface area contributed by atoms with Gasteiger partial charge in [-0.3, -0.25) is 4.90 Å². The normalized spacial score (nSPS) is 18.6. The molecule has 0 radical (unpaired) electrons. The molecular formula is C12H19N3OS. The Kier molecular flexibility index (Phi) is 4.02. The first-order valence-electron chi connectivity index (χ1n) is 6.00. The lowest BCUT2D eigenvalue weighted by Crippen LogP contribution is -2.45. The smallest absolute Gasteiger partial charge is 0.156 e. The van der Waals surface area contributed by atoms with Crippen molar-refractivity contribution in [3.05, 3.63) is 22.4 Å². The van der Waals surface area contributed by atoms with Crippen LogP contribution in [0.4, 0.5) is 0 Å². The number of nitrogens with zero attached hydrogens (tertiary/aromatic N) is 2. The van der Waals surface area contributed by atoms with Crippen LogP contribution in [0.5, 0.6) is 0 Å². The predicted molar refractivity (Wildman–Crippen MR) is 70.4 cm³/mol. The Balaban J connectivity index is 2.10. The number of rotatable bonds is 6. The fourth-order valence-electron chi connectivity index (χ4n) is 2.17. The molecule has 1 aromatic heterocycles. The van der Waals surface area contributed by atoms with E-state index < -0.39 is 0 Å². The van der Waals surface area contributed by atoms with Gasteiger partial charge in [0.15, 0.2) is 5.84 Å². The first-order chi connectivity index (χ1) is 8.26. The van der Waals surface area contributed by atoms with Gasteiger partial charge in [0.25, 0.3) is 0 Å². The van der Waals surface area contributed by atoms with Crippen LogP contribution < -0.4 is 5.73 Å². The van der Waals surface area contributed by atoms with E-state index in [9.17, 15) is 0 Å². The van der Waals surface area contributed by atoms with Crippen molar-refractivity contribution in [3.8, 4) is 0 Å². The molecule has 0 bridgehead atoms. The van der Waals surface area contributed by atoms with Crippen LogP contribution in [0.2, 0.25) is 0 Å². The topological polar surface area (TPSA) is 61.9 Å². The van der Waals surface area contributed by atoms with E-state index >= 15 is 0 Å². The Bertz CT molecular complexity index is 373. The van der Waals surface area contributed by atoms with Crippen molar-refractivity contribution in [1.82, 2.24) is 4.90 Å². The summed E-state index contributed by atoms with van der Waals surface area (Å²) in [6.07, 6.45) is 3.31. The number of hydrogen-bond donors (Lipinski definition) is 2. The molecule has 0 amide bonds. The van der Waals surface area contributed by atoms with Crippen LogP contribution in [0.1, 0.15) is 31.7 Å². The summed E-state index contributed by atoms with van der Waals surface area (Å²) in [5.41, 5.74) is 7.10. The lowest BCUT2D eigenvalue weighted by molar-refractivity contribution is 0.210. The molecule has 1 aliphatic carbocycles. The van der Waals surface area contributed by atoms with E-state index in [0.29, 0.717) is 11.9 Å². The predicted octanol–water partition coefficient (Wildman–Crippen LogP) is 2.24. The van der Waals surface area contributed by atoms with Gasteiger partial charge in [-0.1, -0.05) is 12.1 Å². The molecule has 3 N–H and O–H groups in total. The maximum atomic E-state index is 8.85. The molecule has 17 heavy (non-hydrogen) atoms. The zero-order valence-corrected chi connectivity index (χ0v) is 10.9. The second-order valence-electron chi connectivity index (χ2n) is 4.48. The molecule has 5 heteroatoms.